The van der Waals surface area contributed by atoms with E-state index in [2.05, 4.69) is 17.2 Å². The van der Waals surface area contributed by atoms with Crippen molar-refractivity contribution >= 4 is 22.8 Å². The van der Waals surface area contributed by atoms with Gasteiger partial charge in [0.25, 0.3) is 0 Å². The Morgan fingerprint density at radius 2 is 2.13 bits per heavy atom. The van der Waals surface area contributed by atoms with E-state index in [0.717, 1.165) is 24.4 Å². The molecule has 0 spiro atoms. The summed E-state index contributed by atoms with van der Waals surface area (Å²) in [5, 5.41) is 3.70. The average molecular weight is 228 g/mol. The van der Waals surface area contributed by atoms with Gasteiger partial charge in [-0.15, -0.1) is 0 Å². The SMILES string of the molecule is CCCCC1SC(=NC(C)(C)C)NC1=O. The number of aliphatic imine (C=N–C) groups is 1. The summed E-state index contributed by atoms with van der Waals surface area (Å²) in [7, 11) is 0. The summed E-state index contributed by atoms with van der Waals surface area (Å²) < 4.78 is 0. The smallest absolute Gasteiger partial charge is 0.239 e. The van der Waals surface area contributed by atoms with E-state index in [1.165, 1.54) is 0 Å². The zero-order chi connectivity index (χ0) is 11.5. The minimum absolute atomic E-state index is 0.0750. The van der Waals surface area contributed by atoms with Crippen molar-refractivity contribution in [2.75, 3.05) is 0 Å². The number of thioether (sulfide) groups is 1. The molecule has 3 nitrogen and oxygen atoms in total. The van der Waals surface area contributed by atoms with Crippen LogP contribution in [0.15, 0.2) is 4.99 Å². The van der Waals surface area contributed by atoms with Crippen molar-refractivity contribution in [3.63, 3.8) is 0 Å². The van der Waals surface area contributed by atoms with E-state index in [1.807, 2.05) is 20.8 Å². The molecule has 0 bridgehead atoms. The Bertz CT molecular complexity index is 268. The topological polar surface area (TPSA) is 41.5 Å². The van der Waals surface area contributed by atoms with Crippen LogP contribution in [0.25, 0.3) is 0 Å². The fraction of sp³-hybridized carbons (Fsp3) is 0.818. The fourth-order valence-electron chi connectivity index (χ4n) is 1.34. The first kappa shape index (κ1) is 12.6. The van der Waals surface area contributed by atoms with E-state index in [9.17, 15) is 4.79 Å². The minimum Gasteiger partial charge on any atom is -0.304 e. The van der Waals surface area contributed by atoms with Crippen molar-refractivity contribution in [1.82, 2.24) is 5.32 Å². The quantitative estimate of drug-likeness (QED) is 0.806. The number of nitrogens with zero attached hydrogens (tertiary/aromatic N) is 1. The second kappa shape index (κ2) is 5.01. The molecule has 15 heavy (non-hydrogen) atoms. The van der Waals surface area contributed by atoms with Crippen molar-refractivity contribution in [2.24, 2.45) is 4.99 Å². The maximum absolute atomic E-state index is 11.6. The third-order valence-corrected chi connectivity index (χ3v) is 3.18. The van der Waals surface area contributed by atoms with Gasteiger partial charge < -0.3 is 5.32 Å². The maximum atomic E-state index is 11.6. The first-order chi connectivity index (χ1) is 6.92. The Hall–Kier alpha value is -0.510. The lowest BCUT2D eigenvalue weighted by molar-refractivity contribution is -0.118. The van der Waals surface area contributed by atoms with Crippen molar-refractivity contribution < 1.29 is 4.79 Å². The van der Waals surface area contributed by atoms with Crippen LogP contribution < -0.4 is 5.32 Å². The van der Waals surface area contributed by atoms with Gasteiger partial charge >= 0.3 is 0 Å². The fourth-order valence-corrected chi connectivity index (χ4v) is 2.55. The Morgan fingerprint density at radius 3 is 2.67 bits per heavy atom. The minimum atomic E-state index is -0.116. The van der Waals surface area contributed by atoms with Crippen LogP contribution in [0.2, 0.25) is 0 Å². The number of carbonyl (C=O) groups is 1. The Balaban J connectivity index is 2.56. The first-order valence-corrected chi connectivity index (χ1v) is 6.37. The molecule has 1 aliphatic rings. The van der Waals surface area contributed by atoms with E-state index in [4.69, 9.17) is 0 Å². The van der Waals surface area contributed by atoms with Crippen LogP contribution in [0.1, 0.15) is 47.0 Å². The number of carbonyl (C=O) groups excluding carboxylic acids is 1. The number of hydrogen-bond donors (Lipinski definition) is 1. The van der Waals surface area contributed by atoms with Gasteiger partial charge in [-0.2, -0.15) is 0 Å². The summed E-state index contributed by atoms with van der Waals surface area (Å²) in [6.45, 7) is 8.24. The van der Waals surface area contributed by atoms with Crippen LogP contribution >= 0.6 is 11.8 Å². The van der Waals surface area contributed by atoms with Crippen LogP contribution in [0.3, 0.4) is 0 Å². The second-order valence-electron chi connectivity index (χ2n) is 4.83. The highest BCUT2D eigenvalue weighted by molar-refractivity contribution is 8.15. The lowest BCUT2D eigenvalue weighted by Crippen LogP contribution is -2.26. The van der Waals surface area contributed by atoms with Crippen molar-refractivity contribution in [3.05, 3.63) is 0 Å². The largest absolute Gasteiger partial charge is 0.304 e. The predicted octanol–water partition coefficient (Wildman–Crippen LogP) is 2.56. The van der Waals surface area contributed by atoms with Crippen LogP contribution in [-0.2, 0) is 4.79 Å². The summed E-state index contributed by atoms with van der Waals surface area (Å²) >= 11 is 1.57. The summed E-state index contributed by atoms with van der Waals surface area (Å²) in [4.78, 5) is 16.0. The van der Waals surface area contributed by atoms with Crippen molar-refractivity contribution in [3.8, 4) is 0 Å². The van der Waals surface area contributed by atoms with E-state index < -0.39 is 0 Å². The molecular formula is C11H20N2OS. The summed E-state index contributed by atoms with van der Waals surface area (Å²) in [5.74, 6) is 0.122. The molecule has 1 N–H and O–H groups in total. The molecule has 0 aliphatic carbocycles. The molecular weight excluding hydrogens is 208 g/mol. The van der Waals surface area contributed by atoms with E-state index >= 15 is 0 Å². The number of hydrogen-bond acceptors (Lipinski definition) is 3. The highest BCUT2D eigenvalue weighted by atomic mass is 32.2. The molecule has 1 amide bonds. The number of unbranched alkanes of at least 4 members (excludes halogenated alkanes) is 1. The molecule has 4 heteroatoms. The number of amides is 1. The Morgan fingerprint density at radius 1 is 1.47 bits per heavy atom. The molecule has 0 aromatic rings. The highest BCUT2D eigenvalue weighted by Gasteiger charge is 2.30. The lowest BCUT2D eigenvalue weighted by Gasteiger charge is -2.12. The third kappa shape index (κ3) is 4.24. The van der Waals surface area contributed by atoms with Gasteiger partial charge in [0.15, 0.2) is 5.17 Å². The zero-order valence-corrected chi connectivity index (χ0v) is 10.8. The Labute approximate surface area is 96.1 Å². The molecule has 0 saturated carbocycles. The van der Waals surface area contributed by atoms with E-state index in [1.54, 1.807) is 11.8 Å². The molecule has 1 heterocycles. The summed E-state index contributed by atoms with van der Waals surface area (Å²) in [6, 6.07) is 0. The van der Waals surface area contributed by atoms with Gasteiger partial charge in [0, 0.05) is 0 Å². The van der Waals surface area contributed by atoms with Crippen LogP contribution in [0.4, 0.5) is 0 Å². The van der Waals surface area contributed by atoms with Gasteiger partial charge in [0.2, 0.25) is 5.91 Å². The molecule has 0 aromatic heterocycles. The molecule has 0 aromatic carbocycles. The third-order valence-electron chi connectivity index (χ3n) is 2.03. The van der Waals surface area contributed by atoms with Crippen LogP contribution in [0, 0.1) is 0 Å². The summed E-state index contributed by atoms with van der Waals surface area (Å²) in [6.07, 6.45) is 3.19. The number of nitrogens with one attached hydrogen (secondary N) is 1. The molecule has 1 saturated heterocycles. The lowest BCUT2D eigenvalue weighted by atomic mass is 10.1. The standard InChI is InChI=1S/C11H20N2OS/c1-5-6-7-8-9(14)12-10(15-8)13-11(2,3)4/h8H,5-7H2,1-4H3,(H,12,13,14). The van der Waals surface area contributed by atoms with Crippen molar-refractivity contribution in [1.29, 1.82) is 0 Å². The van der Waals surface area contributed by atoms with Crippen molar-refractivity contribution in [2.45, 2.75) is 57.7 Å². The first-order valence-electron chi connectivity index (χ1n) is 5.50. The highest BCUT2D eigenvalue weighted by Crippen LogP contribution is 2.25. The van der Waals surface area contributed by atoms with E-state index in [0.29, 0.717) is 0 Å². The number of rotatable bonds is 3. The molecule has 1 rings (SSSR count). The van der Waals surface area contributed by atoms with Gasteiger partial charge in [-0.25, -0.2) is 0 Å². The summed E-state index contributed by atoms with van der Waals surface area (Å²) in [5.41, 5.74) is -0.116. The zero-order valence-electron chi connectivity index (χ0n) is 9.96. The maximum Gasteiger partial charge on any atom is 0.239 e. The number of amidine groups is 1. The molecule has 1 fully saturated rings. The molecule has 1 atom stereocenters. The molecule has 1 unspecified atom stereocenters. The predicted molar refractivity (Wildman–Crippen MR) is 66.2 cm³/mol. The van der Waals surface area contributed by atoms with Gasteiger partial charge in [0.05, 0.1) is 10.8 Å². The van der Waals surface area contributed by atoms with Crippen LogP contribution in [0.5, 0.6) is 0 Å². The van der Waals surface area contributed by atoms with E-state index in [-0.39, 0.29) is 16.7 Å². The van der Waals surface area contributed by atoms with Gasteiger partial charge in [-0.1, -0.05) is 31.5 Å². The van der Waals surface area contributed by atoms with Gasteiger partial charge in [0.1, 0.15) is 0 Å². The van der Waals surface area contributed by atoms with Crippen LogP contribution in [-0.4, -0.2) is 21.9 Å². The average Bonchev–Trinajstić information content (AvgIpc) is 2.39. The molecule has 1 aliphatic heterocycles. The van der Waals surface area contributed by atoms with Gasteiger partial charge in [-0.3, -0.25) is 9.79 Å². The van der Waals surface area contributed by atoms with Gasteiger partial charge in [-0.05, 0) is 27.2 Å². The Kier molecular flexibility index (Phi) is 4.20. The molecule has 86 valence electrons. The monoisotopic (exact) mass is 228 g/mol. The molecule has 0 radical (unpaired) electrons. The normalized spacial score (nSPS) is 24.7. The second-order valence-corrected chi connectivity index (χ2v) is 6.02.